The molecule has 0 aliphatic heterocycles. The molecule has 0 aliphatic rings. The molecule has 0 saturated heterocycles. The molecular formula is C14H12BrFIN. The van der Waals surface area contributed by atoms with Crippen LogP contribution in [0.1, 0.15) is 22.7 Å². The van der Waals surface area contributed by atoms with Crippen molar-refractivity contribution >= 4 is 38.5 Å². The molecule has 0 aliphatic carbocycles. The largest absolute Gasteiger partial charge is 0.320 e. The summed E-state index contributed by atoms with van der Waals surface area (Å²) in [6.07, 6.45) is 0. The second-order valence-corrected chi connectivity index (χ2v) is 6.24. The normalized spacial score (nSPS) is 12.5. The van der Waals surface area contributed by atoms with Gasteiger partial charge in [-0.25, -0.2) is 4.39 Å². The Labute approximate surface area is 128 Å². The molecule has 0 amide bonds. The topological polar surface area (TPSA) is 26.0 Å². The van der Waals surface area contributed by atoms with E-state index in [-0.39, 0.29) is 11.9 Å². The van der Waals surface area contributed by atoms with Gasteiger partial charge in [-0.15, -0.1) is 0 Å². The minimum absolute atomic E-state index is 0.231. The second-order valence-electron chi connectivity index (χ2n) is 4.14. The Bertz CT molecular complexity index is 586. The van der Waals surface area contributed by atoms with E-state index in [0.29, 0.717) is 0 Å². The minimum Gasteiger partial charge on any atom is -0.320 e. The zero-order valence-electron chi connectivity index (χ0n) is 9.75. The number of hydrogen-bond acceptors (Lipinski definition) is 1. The summed E-state index contributed by atoms with van der Waals surface area (Å²) in [4.78, 5) is 0. The smallest absolute Gasteiger partial charge is 0.123 e. The van der Waals surface area contributed by atoms with Crippen LogP contribution in [0.3, 0.4) is 0 Å². The summed E-state index contributed by atoms with van der Waals surface area (Å²) in [7, 11) is 0. The summed E-state index contributed by atoms with van der Waals surface area (Å²) in [6.45, 7) is 1.88. The Morgan fingerprint density at radius 3 is 2.56 bits per heavy atom. The predicted octanol–water partition coefficient (Wildman–Crippen LogP) is 4.55. The van der Waals surface area contributed by atoms with Gasteiger partial charge in [0.05, 0.1) is 6.04 Å². The van der Waals surface area contributed by atoms with Crippen molar-refractivity contribution in [3.05, 3.63) is 66.9 Å². The summed E-state index contributed by atoms with van der Waals surface area (Å²) in [5.74, 6) is -0.231. The molecule has 2 rings (SSSR count). The lowest BCUT2D eigenvalue weighted by molar-refractivity contribution is 0.624. The van der Waals surface area contributed by atoms with Crippen LogP contribution in [0.4, 0.5) is 4.39 Å². The van der Waals surface area contributed by atoms with Gasteiger partial charge in [0.25, 0.3) is 0 Å². The summed E-state index contributed by atoms with van der Waals surface area (Å²) in [6, 6.07) is 10.5. The van der Waals surface area contributed by atoms with E-state index in [1.807, 2.05) is 25.1 Å². The van der Waals surface area contributed by atoms with E-state index in [4.69, 9.17) is 5.73 Å². The Morgan fingerprint density at radius 1 is 1.17 bits per heavy atom. The fraction of sp³-hybridized carbons (Fsp3) is 0.143. The van der Waals surface area contributed by atoms with Gasteiger partial charge in [0.2, 0.25) is 0 Å². The molecule has 1 unspecified atom stereocenters. The van der Waals surface area contributed by atoms with Crippen LogP contribution >= 0.6 is 38.5 Å². The average molecular weight is 420 g/mol. The summed E-state index contributed by atoms with van der Waals surface area (Å²) in [5.41, 5.74) is 9.10. The molecule has 0 heterocycles. The fourth-order valence-electron chi connectivity index (χ4n) is 1.91. The van der Waals surface area contributed by atoms with Crippen molar-refractivity contribution in [1.82, 2.24) is 0 Å². The Hall–Kier alpha value is -0.460. The van der Waals surface area contributed by atoms with Crippen molar-refractivity contribution in [1.29, 1.82) is 0 Å². The standard InChI is InChI=1S/C14H12BrFIN/c1-8-6-9(16)2-4-11(8)14(18)12-7-10(17)3-5-13(12)15/h2-7,14H,18H2,1H3. The van der Waals surface area contributed by atoms with Crippen molar-refractivity contribution < 1.29 is 4.39 Å². The lowest BCUT2D eigenvalue weighted by Gasteiger charge is -2.17. The molecule has 94 valence electrons. The number of hydrogen-bond donors (Lipinski definition) is 1. The highest BCUT2D eigenvalue weighted by Gasteiger charge is 2.15. The van der Waals surface area contributed by atoms with E-state index in [9.17, 15) is 4.39 Å². The first-order valence-corrected chi connectivity index (χ1v) is 7.33. The van der Waals surface area contributed by atoms with Gasteiger partial charge in [-0.05, 0) is 76.5 Å². The number of aryl methyl sites for hydroxylation is 1. The van der Waals surface area contributed by atoms with Gasteiger partial charge in [0.1, 0.15) is 5.82 Å². The summed E-state index contributed by atoms with van der Waals surface area (Å²) in [5, 5.41) is 0. The molecule has 2 aromatic rings. The quantitative estimate of drug-likeness (QED) is 0.710. The Kier molecular flexibility index (Phi) is 4.40. The highest BCUT2D eigenvalue weighted by Crippen LogP contribution is 2.30. The maximum Gasteiger partial charge on any atom is 0.123 e. The zero-order chi connectivity index (χ0) is 13.3. The van der Waals surface area contributed by atoms with Crippen molar-refractivity contribution in [2.75, 3.05) is 0 Å². The van der Waals surface area contributed by atoms with E-state index < -0.39 is 0 Å². The molecule has 18 heavy (non-hydrogen) atoms. The predicted molar refractivity (Wildman–Crippen MR) is 84.0 cm³/mol. The van der Waals surface area contributed by atoms with Crippen LogP contribution in [0.5, 0.6) is 0 Å². The third-order valence-electron chi connectivity index (χ3n) is 2.86. The SMILES string of the molecule is Cc1cc(F)ccc1C(N)c1cc(I)ccc1Br. The van der Waals surface area contributed by atoms with Crippen LogP contribution in [0.25, 0.3) is 0 Å². The van der Waals surface area contributed by atoms with Crippen LogP contribution < -0.4 is 5.73 Å². The molecule has 1 nitrogen and oxygen atoms in total. The number of benzene rings is 2. The molecule has 1 atom stereocenters. The minimum atomic E-state index is -0.255. The molecule has 2 aromatic carbocycles. The summed E-state index contributed by atoms with van der Waals surface area (Å²) < 4.78 is 15.2. The average Bonchev–Trinajstić information content (AvgIpc) is 2.31. The van der Waals surface area contributed by atoms with Gasteiger partial charge < -0.3 is 5.73 Å². The Morgan fingerprint density at radius 2 is 1.89 bits per heavy atom. The van der Waals surface area contributed by atoms with Crippen molar-refractivity contribution in [2.24, 2.45) is 5.73 Å². The van der Waals surface area contributed by atoms with E-state index in [0.717, 1.165) is 24.7 Å². The molecule has 0 aromatic heterocycles. The molecule has 0 spiro atoms. The van der Waals surface area contributed by atoms with Gasteiger partial charge >= 0.3 is 0 Å². The van der Waals surface area contributed by atoms with Crippen LogP contribution in [0, 0.1) is 16.3 Å². The van der Waals surface area contributed by atoms with Crippen molar-refractivity contribution in [3.63, 3.8) is 0 Å². The lowest BCUT2D eigenvalue weighted by atomic mass is 9.96. The van der Waals surface area contributed by atoms with E-state index >= 15 is 0 Å². The van der Waals surface area contributed by atoms with Crippen LogP contribution in [0.2, 0.25) is 0 Å². The van der Waals surface area contributed by atoms with Gasteiger partial charge in [-0.3, -0.25) is 0 Å². The fourth-order valence-corrected chi connectivity index (χ4v) is 2.92. The van der Waals surface area contributed by atoms with E-state index in [2.05, 4.69) is 38.5 Å². The van der Waals surface area contributed by atoms with Crippen LogP contribution in [0.15, 0.2) is 40.9 Å². The molecule has 0 fully saturated rings. The molecule has 0 bridgehead atoms. The third-order valence-corrected chi connectivity index (χ3v) is 4.25. The van der Waals surface area contributed by atoms with Crippen molar-refractivity contribution in [3.8, 4) is 0 Å². The second kappa shape index (κ2) is 5.67. The molecule has 2 N–H and O–H groups in total. The van der Waals surface area contributed by atoms with Crippen LogP contribution in [-0.4, -0.2) is 0 Å². The van der Waals surface area contributed by atoms with Gasteiger partial charge in [-0.1, -0.05) is 22.0 Å². The van der Waals surface area contributed by atoms with Gasteiger partial charge in [-0.2, -0.15) is 0 Å². The maximum atomic E-state index is 13.1. The van der Waals surface area contributed by atoms with Crippen molar-refractivity contribution in [2.45, 2.75) is 13.0 Å². The van der Waals surface area contributed by atoms with E-state index in [1.54, 1.807) is 6.07 Å². The molecule has 4 heteroatoms. The molecule has 0 saturated carbocycles. The summed E-state index contributed by atoms with van der Waals surface area (Å²) >= 11 is 5.76. The maximum absolute atomic E-state index is 13.1. The molecule has 0 radical (unpaired) electrons. The zero-order valence-corrected chi connectivity index (χ0v) is 13.5. The monoisotopic (exact) mass is 419 g/mol. The van der Waals surface area contributed by atoms with Gasteiger partial charge in [0.15, 0.2) is 0 Å². The highest BCUT2D eigenvalue weighted by atomic mass is 127. The first-order valence-electron chi connectivity index (χ1n) is 5.45. The van der Waals surface area contributed by atoms with E-state index in [1.165, 1.54) is 12.1 Å². The Balaban J connectivity index is 2.47. The number of rotatable bonds is 2. The first kappa shape index (κ1) is 14.0. The molecular weight excluding hydrogens is 408 g/mol. The number of nitrogens with two attached hydrogens (primary N) is 1. The third kappa shape index (κ3) is 2.92. The lowest BCUT2D eigenvalue weighted by Crippen LogP contribution is -2.14. The number of halogens is 3. The highest BCUT2D eigenvalue weighted by molar-refractivity contribution is 14.1. The van der Waals surface area contributed by atoms with Crippen LogP contribution in [-0.2, 0) is 0 Å². The van der Waals surface area contributed by atoms with Gasteiger partial charge in [0, 0.05) is 8.04 Å². The first-order chi connectivity index (χ1) is 8.49.